The lowest BCUT2D eigenvalue weighted by molar-refractivity contribution is 0.0712. The summed E-state index contributed by atoms with van der Waals surface area (Å²) in [5.41, 5.74) is 8.30. The Morgan fingerprint density at radius 1 is 1.08 bits per heavy atom. The van der Waals surface area contributed by atoms with E-state index in [0.717, 1.165) is 47.5 Å². The minimum Gasteiger partial charge on any atom is -0.375 e. The molecule has 2 aromatic heterocycles. The van der Waals surface area contributed by atoms with Crippen molar-refractivity contribution in [3.63, 3.8) is 0 Å². The van der Waals surface area contributed by atoms with Gasteiger partial charge in [0, 0.05) is 30.3 Å². The standard InChI is InChI=1S/C18H18N4OS/c19-18-21-16-15(24-18)7-6-14(20-16)12-8-10-22(11-9-12)17(23)13-4-2-1-3-5-13/h1-7,12H,8-11H2,(H2,19,20,21). The van der Waals surface area contributed by atoms with Crippen LogP contribution in [0.2, 0.25) is 0 Å². The van der Waals surface area contributed by atoms with Crippen molar-refractivity contribution in [2.75, 3.05) is 18.8 Å². The van der Waals surface area contributed by atoms with Crippen molar-refractivity contribution in [2.24, 2.45) is 0 Å². The van der Waals surface area contributed by atoms with Gasteiger partial charge in [0.25, 0.3) is 5.91 Å². The number of fused-ring (bicyclic) bond motifs is 1. The number of hydrogen-bond acceptors (Lipinski definition) is 5. The second-order valence-corrected chi connectivity index (χ2v) is 7.10. The van der Waals surface area contributed by atoms with E-state index in [-0.39, 0.29) is 5.91 Å². The maximum Gasteiger partial charge on any atom is 0.253 e. The average Bonchev–Trinajstić information content (AvgIpc) is 3.01. The normalized spacial score (nSPS) is 15.8. The molecule has 0 unspecified atom stereocenters. The van der Waals surface area contributed by atoms with E-state index in [1.165, 1.54) is 11.3 Å². The number of nitrogens with zero attached hydrogens (tertiary/aromatic N) is 3. The molecule has 122 valence electrons. The highest BCUT2D eigenvalue weighted by Gasteiger charge is 2.25. The molecule has 4 rings (SSSR count). The largest absolute Gasteiger partial charge is 0.375 e. The highest BCUT2D eigenvalue weighted by molar-refractivity contribution is 7.21. The number of carbonyl (C=O) groups is 1. The van der Waals surface area contributed by atoms with Gasteiger partial charge < -0.3 is 10.6 Å². The van der Waals surface area contributed by atoms with E-state index in [4.69, 9.17) is 5.73 Å². The lowest BCUT2D eigenvalue weighted by Crippen LogP contribution is -2.38. The number of rotatable bonds is 2. The molecule has 1 fully saturated rings. The average molecular weight is 338 g/mol. The fourth-order valence-corrected chi connectivity index (χ4v) is 3.89. The number of hydrogen-bond donors (Lipinski definition) is 1. The molecule has 0 spiro atoms. The molecule has 1 aliphatic heterocycles. The summed E-state index contributed by atoms with van der Waals surface area (Å²) in [6, 6.07) is 13.6. The smallest absolute Gasteiger partial charge is 0.253 e. The molecule has 0 saturated carbocycles. The van der Waals surface area contributed by atoms with Crippen LogP contribution in [-0.4, -0.2) is 33.9 Å². The quantitative estimate of drug-likeness (QED) is 0.778. The lowest BCUT2D eigenvalue weighted by Gasteiger charge is -2.31. The summed E-state index contributed by atoms with van der Waals surface area (Å²) in [7, 11) is 0. The molecule has 1 aromatic carbocycles. The van der Waals surface area contributed by atoms with Crippen molar-refractivity contribution in [3.05, 3.63) is 53.7 Å². The summed E-state index contributed by atoms with van der Waals surface area (Å²) in [5, 5.41) is 0.554. The van der Waals surface area contributed by atoms with E-state index < -0.39 is 0 Å². The summed E-state index contributed by atoms with van der Waals surface area (Å²) < 4.78 is 1.02. The van der Waals surface area contributed by atoms with Crippen molar-refractivity contribution in [1.29, 1.82) is 0 Å². The van der Waals surface area contributed by atoms with E-state index in [2.05, 4.69) is 16.0 Å². The van der Waals surface area contributed by atoms with Crippen LogP contribution in [0.15, 0.2) is 42.5 Å². The van der Waals surface area contributed by atoms with Crippen LogP contribution in [-0.2, 0) is 0 Å². The van der Waals surface area contributed by atoms with Gasteiger partial charge in [-0.05, 0) is 37.1 Å². The van der Waals surface area contributed by atoms with E-state index in [1.54, 1.807) is 0 Å². The molecule has 1 saturated heterocycles. The first-order chi connectivity index (χ1) is 11.7. The van der Waals surface area contributed by atoms with Crippen LogP contribution < -0.4 is 5.73 Å². The number of thiazole rings is 1. The van der Waals surface area contributed by atoms with E-state index in [0.29, 0.717) is 11.0 Å². The third kappa shape index (κ3) is 2.85. The molecule has 1 amide bonds. The number of nitrogen functional groups attached to an aromatic ring is 1. The molecule has 3 aromatic rings. The van der Waals surface area contributed by atoms with E-state index in [9.17, 15) is 4.79 Å². The predicted molar refractivity (Wildman–Crippen MR) is 96.1 cm³/mol. The number of aromatic nitrogens is 2. The van der Waals surface area contributed by atoms with Gasteiger partial charge in [-0.25, -0.2) is 9.97 Å². The van der Waals surface area contributed by atoms with Gasteiger partial charge in [0.2, 0.25) is 0 Å². The van der Waals surface area contributed by atoms with Gasteiger partial charge in [0.15, 0.2) is 10.8 Å². The molecular formula is C18H18N4OS. The van der Waals surface area contributed by atoms with Crippen LogP contribution in [0.4, 0.5) is 5.13 Å². The van der Waals surface area contributed by atoms with Gasteiger partial charge in [0.05, 0.1) is 4.70 Å². The third-order valence-electron chi connectivity index (χ3n) is 4.51. The molecule has 6 heteroatoms. The maximum absolute atomic E-state index is 12.5. The molecule has 5 nitrogen and oxygen atoms in total. The van der Waals surface area contributed by atoms with Gasteiger partial charge in [0.1, 0.15) is 0 Å². The number of nitrogens with two attached hydrogens (primary N) is 1. The monoisotopic (exact) mass is 338 g/mol. The van der Waals surface area contributed by atoms with Crippen molar-refractivity contribution in [3.8, 4) is 0 Å². The first-order valence-corrected chi connectivity index (χ1v) is 8.89. The highest BCUT2D eigenvalue weighted by atomic mass is 32.1. The molecule has 1 aliphatic rings. The number of pyridine rings is 1. The third-order valence-corrected chi connectivity index (χ3v) is 5.35. The molecule has 3 heterocycles. The number of likely N-dealkylation sites (tertiary alicyclic amines) is 1. The maximum atomic E-state index is 12.5. The molecule has 2 N–H and O–H groups in total. The van der Waals surface area contributed by atoms with Crippen LogP contribution in [0.25, 0.3) is 10.3 Å². The highest BCUT2D eigenvalue weighted by Crippen LogP contribution is 2.30. The van der Waals surface area contributed by atoms with E-state index >= 15 is 0 Å². The first-order valence-electron chi connectivity index (χ1n) is 8.08. The Labute approximate surface area is 144 Å². The number of benzene rings is 1. The van der Waals surface area contributed by atoms with Crippen LogP contribution in [0.3, 0.4) is 0 Å². The topological polar surface area (TPSA) is 72.1 Å². The Bertz CT molecular complexity index is 869. The summed E-state index contributed by atoms with van der Waals surface area (Å²) in [6.45, 7) is 1.52. The molecule has 24 heavy (non-hydrogen) atoms. The van der Waals surface area contributed by atoms with Crippen LogP contribution in [0.1, 0.15) is 34.8 Å². The summed E-state index contributed by atoms with van der Waals surface area (Å²) in [4.78, 5) is 23.4. The summed E-state index contributed by atoms with van der Waals surface area (Å²) >= 11 is 1.46. The molecule has 0 atom stereocenters. The minimum atomic E-state index is 0.115. The number of amides is 1. The van der Waals surface area contributed by atoms with Crippen molar-refractivity contribution in [2.45, 2.75) is 18.8 Å². The Hall–Kier alpha value is -2.47. The van der Waals surface area contributed by atoms with Crippen LogP contribution in [0.5, 0.6) is 0 Å². The fourth-order valence-electron chi connectivity index (χ4n) is 3.22. The predicted octanol–water partition coefficient (Wildman–Crippen LogP) is 3.29. The van der Waals surface area contributed by atoms with Gasteiger partial charge in [-0.1, -0.05) is 29.5 Å². The zero-order valence-electron chi connectivity index (χ0n) is 13.2. The van der Waals surface area contributed by atoms with Crippen molar-refractivity contribution in [1.82, 2.24) is 14.9 Å². The number of piperidine rings is 1. The lowest BCUT2D eigenvalue weighted by atomic mass is 9.92. The SMILES string of the molecule is Nc1nc2nc(C3CCN(C(=O)c4ccccc4)CC3)ccc2s1. The Morgan fingerprint density at radius 2 is 1.83 bits per heavy atom. The van der Waals surface area contributed by atoms with Crippen molar-refractivity contribution >= 4 is 32.7 Å². The Balaban J connectivity index is 1.46. The van der Waals surface area contributed by atoms with Crippen LogP contribution >= 0.6 is 11.3 Å². The van der Waals surface area contributed by atoms with Crippen LogP contribution in [0, 0.1) is 0 Å². The molecular weight excluding hydrogens is 320 g/mol. The zero-order valence-corrected chi connectivity index (χ0v) is 14.0. The van der Waals surface area contributed by atoms with Gasteiger partial charge in [-0.2, -0.15) is 0 Å². The molecule has 0 aliphatic carbocycles. The molecule has 0 radical (unpaired) electrons. The number of carbonyl (C=O) groups excluding carboxylic acids is 1. The van der Waals surface area contributed by atoms with Gasteiger partial charge in [-0.3, -0.25) is 4.79 Å². The van der Waals surface area contributed by atoms with E-state index in [1.807, 2.05) is 41.3 Å². The number of anilines is 1. The Morgan fingerprint density at radius 3 is 2.58 bits per heavy atom. The second kappa shape index (κ2) is 6.20. The zero-order chi connectivity index (χ0) is 16.5. The summed E-state index contributed by atoms with van der Waals surface area (Å²) in [6.07, 6.45) is 1.85. The minimum absolute atomic E-state index is 0.115. The van der Waals surface area contributed by atoms with Gasteiger partial charge in [-0.15, -0.1) is 0 Å². The second-order valence-electron chi connectivity index (χ2n) is 6.04. The Kier molecular flexibility index (Phi) is 3.90. The first kappa shape index (κ1) is 15.1. The summed E-state index contributed by atoms with van der Waals surface area (Å²) in [5.74, 6) is 0.488. The van der Waals surface area contributed by atoms with Crippen molar-refractivity contribution < 1.29 is 4.79 Å². The fraction of sp³-hybridized carbons (Fsp3) is 0.278. The molecule has 0 bridgehead atoms. The van der Waals surface area contributed by atoms with Gasteiger partial charge >= 0.3 is 0 Å².